The maximum atomic E-state index is 12.5. The predicted octanol–water partition coefficient (Wildman–Crippen LogP) is 1.52. The summed E-state index contributed by atoms with van der Waals surface area (Å²) in [6.45, 7) is 0. The second-order valence-electron chi connectivity index (χ2n) is 5.48. The molecule has 1 aliphatic rings. The Hall–Kier alpha value is -2.81. The molecular weight excluding hydrogens is 292 g/mol. The first-order valence-electron chi connectivity index (χ1n) is 7.09. The third-order valence-electron chi connectivity index (χ3n) is 3.66. The predicted molar refractivity (Wildman–Crippen MR) is 85.2 cm³/mol. The van der Waals surface area contributed by atoms with E-state index < -0.39 is 5.72 Å². The smallest absolute Gasteiger partial charge is 0.272 e. The van der Waals surface area contributed by atoms with Gasteiger partial charge in [0.15, 0.2) is 0 Å². The zero-order valence-corrected chi connectivity index (χ0v) is 12.8. The SMILES string of the molecule is CN(C)N1C(=O)c2ccccc2C1(O)C#Cc1cccc(O)c1. The van der Waals surface area contributed by atoms with E-state index in [1.165, 1.54) is 16.1 Å². The van der Waals surface area contributed by atoms with Crippen LogP contribution in [-0.4, -0.2) is 40.2 Å². The van der Waals surface area contributed by atoms with Crippen LogP contribution >= 0.6 is 0 Å². The number of hydrogen-bond acceptors (Lipinski definition) is 4. The number of carbonyl (C=O) groups excluding carboxylic acids is 1. The highest BCUT2D eigenvalue weighted by Gasteiger charge is 2.49. The molecule has 0 radical (unpaired) electrons. The second-order valence-corrected chi connectivity index (χ2v) is 5.48. The van der Waals surface area contributed by atoms with E-state index >= 15 is 0 Å². The summed E-state index contributed by atoms with van der Waals surface area (Å²) >= 11 is 0. The van der Waals surface area contributed by atoms with Gasteiger partial charge in [0.05, 0.1) is 5.56 Å². The van der Waals surface area contributed by atoms with E-state index in [4.69, 9.17) is 0 Å². The van der Waals surface area contributed by atoms with Crippen LogP contribution in [-0.2, 0) is 5.72 Å². The minimum Gasteiger partial charge on any atom is -0.508 e. The van der Waals surface area contributed by atoms with Gasteiger partial charge in [-0.3, -0.25) is 4.79 Å². The molecule has 1 amide bonds. The number of carbonyl (C=O) groups is 1. The lowest BCUT2D eigenvalue weighted by molar-refractivity contribution is -0.125. The van der Waals surface area contributed by atoms with E-state index in [2.05, 4.69) is 11.8 Å². The lowest BCUT2D eigenvalue weighted by Crippen LogP contribution is -2.50. The van der Waals surface area contributed by atoms with Crippen LogP contribution in [0.3, 0.4) is 0 Å². The maximum Gasteiger partial charge on any atom is 0.272 e. The molecule has 0 fully saturated rings. The van der Waals surface area contributed by atoms with E-state index in [1.807, 2.05) is 0 Å². The highest BCUT2D eigenvalue weighted by Crippen LogP contribution is 2.37. The fourth-order valence-corrected chi connectivity index (χ4v) is 2.68. The van der Waals surface area contributed by atoms with Crippen molar-refractivity contribution in [3.05, 3.63) is 65.2 Å². The highest BCUT2D eigenvalue weighted by atomic mass is 16.3. The lowest BCUT2D eigenvalue weighted by Gasteiger charge is -2.34. The minimum atomic E-state index is -1.75. The quantitative estimate of drug-likeness (QED) is 0.784. The number of phenolic OH excluding ortho intramolecular Hbond substituents is 1. The molecule has 0 aromatic heterocycles. The Labute approximate surface area is 134 Å². The molecule has 5 heteroatoms. The Morgan fingerprint density at radius 1 is 1.13 bits per heavy atom. The summed E-state index contributed by atoms with van der Waals surface area (Å²) < 4.78 is 0. The van der Waals surface area contributed by atoms with Crippen LogP contribution in [0.5, 0.6) is 5.75 Å². The molecule has 2 aromatic carbocycles. The monoisotopic (exact) mass is 308 g/mol. The van der Waals surface area contributed by atoms with Crippen LogP contribution in [0.2, 0.25) is 0 Å². The van der Waals surface area contributed by atoms with Gasteiger partial charge < -0.3 is 10.2 Å². The van der Waals surface area contributed by atoms with Crippen molar-refractivity contribution in [2.24, 2.45) is 0 Å². The Morgan fingerprint density at radius 2 is 1.87 bits per heavy atom. The number of fused-ring (bicyclic) bond motifs is 1. The van der Waals surface area contributed by atoms with Gasteiger partial charge in [0.2, 0.25) is 5.72 Å². The molecule has 0 saturated carbocycles. The van der Waals surface area contributed by atoms with Crippen molar-refractivity contribution in [2.75, 3.05) is 14.1 Å². The Kier molecular flexibility index (Phi) is 3.57. The second kappa shape index (κ2) is 5.43. The first kappa shape index (κ1) is 15.1. The van der Waals surface area contributed by atoms with Crippen molar-refractivity contribution in [1.82, 2.24) is 10.0 Å². The van der Waals surface area contributed by atoms with E-state index in [-0.39, 0.29) is 11.7 Å². The fourth-order valence-electron chi connectivity index (χ4n) is 2.68. The molecule has 5 nitrogen and oxygen atoms in total. The van der Waals surface area contributed by atoms with E-state index in [1.54, 1.807) is 56.6 Å². The number of hydrogen-bond donors (Lipinski definition) is 2. The fraction of sp³-hybridized carbons (Fsp3) is 0.167. The van der Waals surface area contributed by atoms with Gasteiger partial charge in [-0.2, -0.15) is 0 Å². The molecule has 0 spiro atoms. The molecule has 116 valence electrons. The molecule has 0 saturated heterocycles. The average molecular weight is 308 g/mol. The molecule has 2 aromatic rings. The van der Waals surface area contributed by atoms with Crippen LogP contribution in [0.4, 0.5) is 0 Å². The molecule has 1 atom stereocenters. The number of hydrazine groups is 1. The third-order valence-corrected chi connectivity index (χ3v) is 3.66. The van der Waals surface area contributed by atoms with Crippen molar-refractivity contribution in [3.8, 4) is 17.6 Å². The van der Waals surface area contributed by atoms with E-state index in [0.29, 0.717) is 16.7 Å². The minimum absolute atomic E-state index is 0.0937. The van der Waals surface area contributed by atoms with Crippen LogP contribution < -0.4 is 0 Å². The van der Waals surface area contributed by atoms with Gasteiger partial charge in [-0.15, -0.1) is 0 Å². The summed E-state index contributed by atoms with van der Waals surface area (Å²) in [6, 6.07) is 13.3. The van der Waals surface area contributed by atoms with Crippen molar-refractivity contribution >= 4 is 5.91 Å². The summed E-state index contributed by atoms with van der Waals surface area (Å²) in [6.07, 6.45) is 0. The standard InChI is InChI=1S/C18H16N2O3/c1-19(2)20-17(22)15-8-3-4-9-16(15)18(20,23)11-10-13-6-5-7-14(21)12-13/h3-9,12,21,23H,1-2H3. The summed E-state index contributed by atoms with van der Waals surface area (Å²) in [5, 5.41) is 23.3. The Morgan fingerprint density at radius 3 is 2.57 bits per heavy atom. The first-order chi connectivity index (χ1) is 10.9. The number of phenols is 1. The molecule has 23 heavy (non-hydrogen) atoms. The number of rotatable bonds is 1. The number of aliphatic hydroxyl groups is 1. The Balaban J connectivity index is 2.13. The van der Waals surface area contributed by atoms with Gasteiger partial charge >= 0.3 is 0 Å². The van der Waals surface area contributed by atoms with Gasteiger partial charge in [0.1, 0.15) is 5.75 Å². The normalized spacial score (nSPS) is 19.5. The molecule has 0 aliphatic carbocycles. The van der Waals surface area contributed by atoms with Gasteiger partial charge in [0, 0.05) is 25.2 Å². The zero-order chi connectivity index (χ0) is 16.6. The summed E-state index contributed by atoms with van der Waals surface area (Å²) in [5.74, 6) is 5.40. The summed E-state index contributed by atoms with van der Waals surface area (Å²) in [5.41, 5.74) is -0.322. The van der Waals surface area contributed by atoms with Crippen LogP contribution in [0, 0.1) is 11.8 Å². The van der Waals surface area contributed by atoms with Crippen molar-refractivity contribution < 1.29 is 15.0 Å². The molecule has 2 N–H and O–H groups in total. The lowest BCUT2D eigenvalue weighted by atomic mass is 10.0. The van der Waals surface area contributed by atoms with Gasteiger partial charge in [-0.1, -0.05) is 30.2 Å². The summed E-state index contributed by atoms with van der Waals surface area (Å²) in [4.78, 5) is 12.5. The molecular formula is C18H16N2O3. The largest absolute Gasteiger partial charge is 0.508 e. The van der Waals surface area contributed by atoms with Crippen molar-refractivity contribution in [2.45, 2.75) is 5.72 Å². The third kappa shape index (κ3) is 2.44. The molecule has 1 heterocycles. The van der Waals surface area contributed by atoms with Gasteiger partial charge in [-0.25, -0.2) is 10.0 Å². The van der Waals surface area contributed by atoms with Crippen LogP contribution in [0.1, 0.15) is 21.5 Å². The first-order valence-corrected chi connectivity index (χ1v) is 7.09. The highest BCUT2D eigenvalue weighted by molar-refractivity contribution is 6.00. The number of nitrogens with zero attached hydrogens (tertiary/aromatic N) is 2. The number of amides is 1. The molecule has 3 rings (SSSR count). The number of aromatic hydroxyl groups is 1. The van der Waals surface area contributed by atoms with Crippen LogP contribution in [0.25, 0.3) is 0 Å². The topological polar surface area (TPSA) is 64.0 Å². The van der Waals surface area contributed by atoms with Gasteiger partial charge in [0.25, 0.3) is 5.91 Å². The van der Waals surface area contributed by atoms with E-state index in [0.717, 1.165) is 0 Å². The Bertz CT molecular complexity index is 835. The summed E-state index contributed by atoms with van der Waals surface area (Å²) in [7, 11) is 3.34. The molecule has 0 bridgehead atoms. The van der Waals surface area contributed by atoms with E-state index in [9.17, 15) is 15.0 Å². The number of benzene rings is 2. The van der Waals surface area contributed by atoms with Crippen molar-refractivity contribution in [1.29, 1.82) is 0 Å². The zero-order valence-electron chi connectivity index (χ0n) is 12.8. The maximum absolute atomic E-state index is 12.5. The van der Waals surface area contributed by atoms with Crippen LogP contribution in [0.15, 0.2) is 48.5 Å². The average Bonchev–Trinajstić information content (AvgIpc) is 2.75. The van der Waals surface area contributed by atoms with Gasteiger partial charge in [-0.05, 0) is 30.2 Å². The molecule has 1 aliphatic heterocycles. The molecule has 1 unspecified atom stereocenters. The van der Waals surface area contributed by atoms with Crippen molar-refractivity contribution in [3.63, 3.8) is 0 Å².